The minimum absolute atomic E-state index is 0.229. The van der Waals surface area contributed by atoms with E-state index < -0.39 is 0 Å². The molecule has 0 atom stereocenters. The van der Waals surface area contributed by atoms with E-state index in [2.05, 4.69) is 4.74 Å². The van der Waals surface area contributed by atoms with Crippen molar-refractivity contribution < 1.29 is 13.9 Å². The van der Waals surface area contributed by atoms with Crippen LogP contribution in [0, 0.1) is 5.82 Å². The van der Waals surface area contributed by atoms with E-state index in [1.165, 1.54) is 37.1 Å². The highest BCUT2D eigenvalue weighted by Crippen LogP contribution is 2.26. The van der Waals surface area contributed by atoms with E-state index in [0.717, 1.165) is 0 Å². The Morgan fingerprint density at radius 1 is 1.56 bits per heavy atom. The summed E-state index contributed by atoms with van der Waals surface area (Å²) in [6.45, 7) is 0. The summed E-state index contributed by atoms with van der Waals surface area (Å²) in [4.78, 5) is 11.5. The lowest BCUT2D eigenvalue weighted by Gasteiger charge is -2.04. The van der Waals surface area contributed by atoms with E-state index in [9.17, 15) is 9.18 Å². The van der Waals surface area contributed by atoms with E-state index in [-0.39, 0.29) is 11.8 Å². The number of halogens is 1. The highest BCUT2D eigenvalue weighted by molar-refractivity contribution is 7.99. The highest BCUT2D eigenvalue weighted by Gasteiger charge is 2.03. The Kier molecular flexibility index (Phi) is 5.11. The van der Waals surface area contributed by atoms with Gasteiger partial charge in [0.25, 0.3) is 0 Å². The number of hydrogen-bond donors (Lipinski definition) is 1. The lowest BCUT2D eigenvalue weighted by atomic mass is 10.3. The first-order chi connectivity index (χ1) is 7.63. The Morgan fingerprint density at radius 2 is 2.31 bits per heavy atom. The number of methoxy groups -OCH3 is 1. The maximum absolute atomic E-state index is 12.9. The van der Waals surface area contributed by atoms with Gasteiger partial charge < -0.3 is 10.5 Å². The number of benzene rings is 1. The number of nitrogens with two attached hydrogens (primary N) is 1. The third-order valence-corrected chi connectivity index (χ3v) is 3.14. The minimum Gasteiger partial charge on any atom is -0.469 e. The van der Waals surface area contributed by atoms with Crippen LogP contribution in [0.1, 0.15) is 12.8 Å². The average Bonchev–Trinajstić information content (AvgIpc) is 2.28. The van der Waals surface area contributed by atoms with Crippen molar-refractivity contribution in [2.24, 2.45) is 0 Å². The normalized spacial score (nSPS) is 10.1. The van der Waals surface area contributed by atoms with Crippen LogP contribution in [0.25, 0.3) is 0 Å². The van der Waals surface area contributed by atoms with Crippen molar-refractivity contribution in [1.29, 1.82) is 0 Å². The summed E-state index contributed by atoms with van der Waals surface area (Å²) in [5.41, 5.74) is 6.24. The summed E-state index contributed by atoms with van der Waals surface area (Å²) in [5.74, 6) is 0.181. The molecule has 16 heavy (non-hydrogen) atoms. The lowest BCUT2D eigenvalue weighted by Crippen LogP contribution is -2.00. The Balaban J connectivity index is 2.37. The monoisotopic (exact) mass is 243 g/mol. The molecule has 1 aromatic carbocycles. The summed E-state index contributed by atoms with van der Waals surface area (Å²) < 4.78 is 17.4. The molecule has 0 aromatic heterocycles. The molecule has 88 valence electrons. The predicted octanol–water partition coefficient (Wildman–Crippen LogP) is 2.45. The van der Waals surface area contributed by atoms with Gasteiger partial charge in [-0.1, -0.05) is 0 Å². The van der Waals surface area contributed by atoms with Crippen molar-refractivity contribution in [1.82, 2.24) is 0 Å². The first-order valence-corrected chi connectivity index (χ1v) is 5.86. The highest BCUT2D eigenvalue weighted by atomic mass is 32.2. The zero-order valence-electron chi connectivity index (χ0n) is 9.03. The van der Waals surface area contributed by atoms with Crippen molar-refractivity contribution >= 4 is 23.4 Å². The van der Waals surface area contributed by atoms with Crippen LogP contribution in [0.3, 0.4) is 0 Å². The quantitative estimate of drug-likeness (QED) is 0.373. The molecule has 0 saturated carbocycles. The van der Waals surface area contributed by atoms with Crippen molar-refractivity contribution in [2.75, 3.05) is 18.6 Å². The molecular formula is C11H14FNO2S. The molecule has 0 spiro atoms. The molecule has 1 rings (SSSR count). The maximum Gasteiger partial charge on any atom is 0.305 e. The van der Waals surface area contributed by atoms with E-state index in [4.69, 9.17) is 5.73 Å². The number of ether oxygens (including phenoxy) is 1. The van der Waals surface area contributed by atoms with Crippen molar-refractivity contribution in [3.8, 4) is 0 Å². The Bertz CT molecular complexity index is 371. The number of rotatable bonds is 5. The van der Waals surface area contributed by atoms with E-state index >= 15 is 0 Å². The second-order valence-corrected chi connectivity index (χ2v) is 4.35. The van der Waals surface area contributed by atoms with Gasteiger partial charge >= 0.3 is 5.97 Å². The number of hydrogen-bond acceptors (Lipinski definition) is 4. The van der Waals surface area contributed by atoms with Gasteiger partial charge in [0.1, 0.15) is 5.82 Å². The van der Waals surface area contributed by atoms with Crippen LogP contribution >= 0.6 is 11.8 Å². The second kappa shape index (κ2) is 6.37. The van der Waals surface area contributed by atoms with Crippen LogP contribution < -0.4 is 5.73 Å². The molecule has 0 radical (unpaired) electrons. The fourth-order valence-corrected chi connectivity index (χ4v) is 2.07. The number of anilines is 1. The van der Waals surface area contributed by atoms with Gasteiger partial charge in [-0.05, 0) is 30.4 Å². The zero-order chi connectivity index (χ0) is 12.0. The SMILES string of the molecule is COC(=O)CCCSc1cc(F)ccc1N. The zero-order valence-corrected chi connectivity index (χ0v) is 9.85. The van der Waals surface area contributed by atoms with Crippen LogP contribution in [-0.2, 0) is 9.53 Å². The van der Waals surface area contributed by atoms with Gasteiger partial charge in [0.05, 0.1) is 7.11 Å². The van der Waals surface area contributed by atoms with E-state index in [0.29, 0.717) is 29.2 Å². The Morgan fingerprint density at radius 3 is 3.00 bits per heavy atom. The van der Waals surface area contributed by atoms with Gasteiger partial charge in [0.2, 0.25) is 0 Å². The fourth-order valence-electron chi connectivity index (χ4n) is 1.13. The van der Waals surface area contributed by atoms with Crippen molar-refractivity contribution in [3.05, 3.63) is 24.0 Å². The third kappa shape index (κ3) is 4.10. The molecule has 3 nitrogen and oxygen atoms in total. The second-order valence-electron chi connectivity index (χ2n) is 3.21. The molecule has 5 heteroatoms. The molecular weight excluding hydrogens is 229 g/mol. The van der Waals surface area contributed by atoms with Crippen LogP contribution in [0.15, 0.2) is 23.1 Å². The number of esters is 1. The largest absolute Gasteiger partial charge is 0.469 e. The van der Waals surface area contributed by atoms with Gasteiger partial charge in [-0.2, -0.15) is 0 Å². The van der Waals surface area contributed by atoms with Crippen LogP contribution in [0.4, 0.5) is 10.1 Å². The lowest BCUT2D eigenvalue weighted by molar-refractivity contribution is -0.140. The molecule has 0 fully saturated rings. The number of thioether (sulfide) groups is 1. The fraction of sp³-hybridized carbons (Fsp3) is 0.364. The molecule has 0 saturated heterocycles. The summed E-state index contributed by atoms with van der Waals surface area (Å²) in [6, 6.07) is 4.27. The summed E-state index contributed by atoms with van der Waals surface area (Å²) >= 11 is 1.44. The van der Waals surface area contributed by atoms with E-state index in [1.807, 2.05) is 0 Å². The van der Waals surface area contributed by atoms with Gasteiger partial charge in [0.15, 0.2) is 0 Å². The molecule has 0 aliphatic rings. The molecule has 0 aliphatic heterocycles. The average molecular weight is 243 g/mol. The minimum atomic E-state index is -0.301. The molecule has 0 aliphatic carbocycles. The third-order valence-electron chi connectivity index (χ3n) is 1.99. The van der Waals surface area contributed by atoms with Crippen LogP contribution in [0.5, 0.6) is 0 Å². The smallest absolute Gasteiger partial charge is 0.305 e. The van der Waals surface area contributed by atoms with Gasteiger partial charge in [-0.15, -0.1) is 11.8 Å². The first kappa shape index (κ1) is 12.8. The van der Waals surface area contributed by atoms with Gasteiger partial charge in [-0.3, -0.25) is 4.79 Å². The number of carbonyl (C=O) groups is 1. The predicted molar refractivity (Wildman–Crippen MR) is 62.8 cm³/mol. The Labute approximate surface area is 98.2 Å². The van der Waals surface area contributed by atoms with Gasteiger partial charge in [-0.25, -0.2) is 4.39 Å². The van der Waals surface area contributed by atoms with Crippen molar-refractivity contribution in [3.63, 3.8) is 0 Å². The molecule has 2 N–H and O–H groups in total. The van der Waals surface area contributed by atoms with Gasteiger partial charge in [0, 0.05) is 17.0 Å². The first-order valence-electron chi connectivity index (χ1n) is 4.88. The summed E-state index contributed by atoms with van der Waals surface area (Å²) in [7, 11) is 1.36. The molecule has 0 amide bonds. The van der Waals surface area contributed by atoms with Crippen LogP contribution in [0.2, 0.25) is 0 Å². The van der Waals surface area contributed by atoms with E-state index in [1.54, 1.807) is 0 Å². The topological polar surface area (TPSA) is 52.3 Å². The Hall–Kier alpha value is -1.23. The molecule has 0 heterocycles. The molecule has 1 aromatic rings. The molecule has 0 unspecified atom stereocenters. The number of carbonyl (C=O) groups excluding carboxylic acids is 1. The number of nitrogen functional groups attached to an aromatic ring is 1. The summed E-state index contributed by atoms with van der Waals surface area (Å²) in [5, 5.41) is 0. The maximum atomic E-state index is 12.9. The standard InChI is InChI=1S/C11H14FNO2S/c1-15-11(14)3-2-6-16-10-7-8(12)4-5-9(10)13/h4-5,7H,2-3,6,13H2,1H3. The van der Waals surface area contributed by atoms with Crippen LogP contribution in [-0.4, -0.2) is 18.8 Å². The van der Waals surface area contributed by atoms with Crippen molar-refractivity contribution in [2.45, 2.75) is 17.7 Å². The summed E-state index contributed by atoms with van der Waals surface area (Å²) in [6.07, 6.45) is 1.06. The molecule has 0 bridgehead atoms.